The zero-order chi connectivity index (χ0) is 48.0. The number of aliphatic hydroxyl groups excluding tert-OH is 5. The highest BCUT2D eigenvalue weighted by molar-refractivity contribution is 5.76. The number of ether oxygens (including phenoxy) is 2. The molecule has 1 heterocycles. The molecule has 1 amide bonds. The maximum absolute atomic E-state index is 13.0. The van der Waals surface area contributed by atoms with E-state index in [1.54, 1.807) is 6.08 Å². The second-order valence-corrected chi connectivity index (χ2v) is 18.3. The van der Waals surface area contributed by atoms with E-state index in [1.807, 2.05) is 6.08 Å². The van der Waals surface area contributed by atoms with Gasteiger partial charge in [-0.05, 0) is 77.0 Å². The Bertz CT molecular complexity index is 1300. The van der Waals surface area contributed by atoms with Crippen molar-refractivity contribution in [1.29, 1.82) is 0 Å². The molecule has 9 heteroatoms. The summed E-state index contributed by atoms with van der Waals surface area (Å²) in [6, 6.07) is -0.829. The van der Waals surface area contributed by atoms with Gasteiger partial charge in [0.05, 0.1) is 25.4 Å². The van der Waals surface area contributed by atoms with Crippen LogP contribution in [0.15, 0.2) is 85.1 Å². The number of amides is 1. The number of carbonyl (C=O) groups is 1. The molecule has 1 aliphatic rings. The molecule has 380 valence electrons. The molecule has 0 aromatic rings. The Kier molecular flexibility index (Phi) is 42.9. The predicted molar refractivity (Wildman–Crippen MR) is 276 cm³/mol. The minimum absolute atomic E-state index is 0.194. The monoisotopic (exact) mass is 926 g/mol. The molecule has 7 atom stereocenters. The van der Waals surface area contributed by atoms with Gasteiger partial charge in [0, 0.05) is 6.42 Å². The van der Waals surface area contributed by atoms with E-state index in [9.17, 15) is 30.3 Å². The van der Waals surface area contributed by atoms with E-state index in [2.05, 4.69) is 92.1 Å². The lowest BCUT2D eigenvalue weighted by molar-refractivity contribution is -0.302. The summed E-state index contributed by atoms with van der Waals surface area (Å²) in [5.74, 6) is -0.194. The first-order valence-corrected chi connectivity index (χ1v) is 26.8. The van der Waals surface area contributed by atoms with Crippen molar-refractivity contribution in [2.45, 2.75) is 256 Å². The highest BCUT2D eigenvalue weighted by Crippen LogP contribution is 2.23. The van der Waals surface area contributed by atoms with Crippen LogP contribution in [0, 0.1) is 0 Å². The number of hydrogen-bond donors (Lipinski definition) is 6. The van der Waals surface area contributed by atoms with Crippen LogP contribution in [0.5, 0.6) is 0 Å². The average Bonchev–Trinajstić information content (AvgIpc) is 3.32. The van der Waals surface area contributed by atoms with E-state index in [4.69, 9.17) is 9.47 Å². The Balaban J connectivity index is 2.16. The van der Waals surface area contributed by atoms with E-state index in [-0.39, 0.29) is 12.5 Å². The maximum Gasteiger partial charge on any atom is 0.220 e. The Morgan fingerprint density at radius 2 is 0.955 bits per heavy atom. The van der Waals surface area contributed by atoms with Gasteiger partial charge in [0.25, 0.3) is 0 Å². The largest absolute Gasteiger partial charge is 0.394 e. The minimum atomic E-state index is -1.58. The molecule has 6 N–H and O–H groups in total. The molecular formula is C57H99NO8. The molecule has 0 bridgehead atoms. The molecule has 0 aromatic carbocycles. The van der Waals surface area contributed by atoms with E-state index < -0.39 is 49.5 Å². The number of allylic oxidation sites excluding steroid dienone is 13. The molecule has 66 heavy (non-hydrogen) atoms. The fourth-order valence-electron chi connectivity index (χ4n) is 7.93. The van der Waals surface area contributed by atoms with Crippen molar-refractivity contribution in [3.8, 4) is 0 Å². The topological polar surface area (TPSA) is 149 Å². The summed E-state index contributed by atoms with van der Waals surface area (Å²) in [4.78, 5) is 13.0. The average molecular weight is 926 g/mol. The smallest absolute Gasteiger partial charge is 0.220 e. The molecule has 7 unspecified atom stereocenters. The second kappa shape index (κ2) is 46.1. The van der Waals surface area contributed by atoms with Gasteiger partial charge in [-0.15, -0.1) is 0 Å². The van der Waals surface area contributed by atoms with Gasteiger partial charge in [-0.1, -0.05) is 214 Å². The third-order valence-electron chi connectivity index (χ3n) is 12.2. The molecular weight excluding hydrogens is 827 g/mol. The molecule has 0 aromatic heterocycles. The second-order valence-electron chi connectivity index (χ2n) is 18.3. The van der Waals surface area contributed by atoms with Crippen molar-refractivity contribution < 1.29 is 39.8 Å². The number of hydrogen-bond acceptors (Lipinski definition) is 8. The predicted octanol–water partition coefficient (Wildman–Crippen LogP) is 12.7. The van der Waals surface area contributed by atoms with E-state index >= 15 is 0 Å². The van der Waals surface area contributed by atoms with Gasteiger partial charge in [0.15, 0.2) is 6.29 Å². The molecule has 1 rings (SSSR count). The lowest BCUT2D eigenvalue weighted by atomic mass is 9.99. The molecule has 1 saturated heterocycles. The molecule has 1 aliphatic heterocycles. The summed E-state index contributed by atoms with van der Waals surface area (Å²) < 4.78 is 11.2. The quantitative estimate of drug-likeness (QED) is 0.0261. The third-order valence-corrected chi connectivity index (χ3v) is 12.2. The number of rotatable bonds is 44. The van der Waals surface area contributed by atoms with Crippen molar-refractivity contribution >= 4 is 5.91 Å². The van der Waals surface area contributed by atoms with Gasteiger partial charge < -0.3 is 40.3 Å². The Labute approximate surface area is 403 Å². The zero-order valence-corrected chi connectivity index (χ0v) is 41.9. The number of carbonyl (C=O) groups excluding carboxylic acids is 1. The highest BCUT2D eigenvalue weighted by Gasteiger charge is 2.44. The zero-order valence-electron chi connectivity index (χ0n) is 41.9. The Morgan fingerprint density at radius 3 is 1.45 bits per heavy atom. The fourth-order valence-corrected chi connectivity index (χ4v) is 7.93. The van der Waals surface area contributed by atoms with Crippen molar-refractivity contribution in [2.75, 3.05) is 13.2 Å². The molecule has 9 nitrogen and oxygen atoms in total. The SMILES string of the molecule is CC/C=C\C/C=C\C/C=C\C/C=C\CCCCCCCCCCCCCCCCCCCCC(=O)NC(COC1OC(CO)C(O)C(O)C1O)C(O)/C=C/CC/C=C/CC/C=C/CCCC. The number of nitrogens with one attached hydrogen (secondary N) is 1. The first-order valence-electron chi connectivity index (χ1n) is 26.8. The summed E-state index contributed by atoms with van der Waals surface area (Å²) >= 11 is 0. The highest BCUT2D eigenvalue weighted by atomic mass is 16.7. The van der Waals surface area contributed by atoms with Gasteiger partial charge in [-0.2, -0.15) is 0 Å². The van der Waals surface area contributed by atoms with Gasteiger partial charge in [-0.25, -0.2) is 0 Å². The maximum atomic E-state index is 13.0. The summed E-state index contributed by atoms with van der Waals surface area (Å²) in [6.45, 7) is 3.58. The normalized spacial score (nSPS) is 20.5. The summed E-state index contributed by atoms with van der Waals surface area (Å²) in [5.41, 5.74) is 0. The first-order chi connectivity index (χ1) is 32.3. The van der Waals surface area contributed by atoms with Gasteiger partial charge >= 0.3 is 0 Å². The van der Waals surface area contributed by atoms with Crippen molar-refractivity contribution in [2.24, 2.45) is 0 Å². The Morgan fingerprint density at radius 1 is 0.530 bits per heavy atom. The lowest BCUT2D eigenvalue weighted by Crippen LogP contribution is -2.60. The van der Waals surface area contributed by atoms with E-state index in [0.29, 0.717) is 6.42 Å². The van der Waals surface area contributed by atoms with Crippen LogP contribution in [0.4, 0.5) is 0 Å². The summed E-state index contributed by atoms with van der Waals surface area (Å²) in [6.07, 6.45) is 58.0. The molecule has 0 radical (unpaired) electrons. The molecule has 1 fully saturated rings. The Hall–Kier alpha value is -2.63. The van der Waals surface area contributed by atoms with Gasteiger partial charge in [0.1, 0.15) is 24.4 Å². The first kappa shape index (κ1) is 61.4. The van der Waals surface area contributed by atoms with Crippen molar-refractivity contribution in [3.63, 3.8) is 0 Å². The van der Waals surface area contributed by atoms with E-state index in [0.717, 1.165) is 77.0 Å². The lowest BCUT2D eigenvalue weighted by Gasteiger charge is -2.40. The number of unbranched alkanes of at least 4 members (excludes halogenated alkanes) is 22. The van der Waals surface area contributed by atoms with Crippen LogP contribution >= 0.6 is 0 Å². The fraction of sp³-hybridized carbons (Fsp3) is 0.737. The van der Waals surface area contributed by atoms with Crippen LogP contribution in [-0.2, 0) is 14.3 Å². The third kappa shape index (κ3) is 35.5. The standard InChI is InChI=1S/C57H99NO8/c1-3-5-7-9-11-13-15-17-18-19-20-21-22-23-24-25-26-27-28-29-30-31-32-33-34-35-37-39-41-43-45-47-53(61)58-50(49-65-57-56(64)55(63)54(62)52(48-59)66-57)51(60)46-44-42-40-38-36-16-14-12-10-8-6-4-2/h5,7,10-13,17-18,20-21,36,38,44,46,50-52,54-57,59-60,62-64H,3-4,6,8-9,14-16,19,22-35,37,39-43,45,47-49H2,1-2H3,(H,58,61)/b7-5-,12-10+,13-11-,18-17-,21-20-,38-36+,46-44+. The van der Waals surface area contributed by atoms with Crippen LogP contribution in [0.3, 0.4) is 0 Å². The van der Waals surface area contributed by atoms with Crippen LogP contribution in [0.2, 0.25) is 0 Å². The summed E-state index contributed by atoms with van der Waals surface area (Å²) in [5, 5.41) is 54.2. The molecule has 0 aliphatic carbocycles. The van der Waals surface area contributed by atoms with Crippen LogP contribution in [0.25, 0.3) is 0 Å². The minimum Gasteiger partial charge on any atom is -0.394 e. The van der Waals surface area contributed by atoms with Crippen molar-refractivity contribution in [1.82, 2.24) is 5.32 Å². The van der Waals surface area contributed by atoms with Gasteiger partial charge in [0.2, 0.25) is 5.91 Å². The van der Waals surface area contributed by atoms with Gasteiger partial charge in [-0.3, -0.25) is 4.79 Å². The van der Waals surface area contributed by atoms with Crippen LogP contribution in [-0.4, -0.2) is 87.5 Å². The van der Waals surface area contributed by atoms with E-state index in [1.165, 1.54) is 116 Å². The van der Waals surface area contributed by atoms with Crippen molar-refractivity contribution in [3.05, 3.63) is 85.1 Å². The van der Waals surface area contributed by atoms with Crippen LogP contribution in [0.1, 0.15) is 213 Å². The molecule has 0 saturated carbocycles. The molecule has 0 spiro atoms. The number of aliphatic hydroxyl groups is 5. The summed E-state index contributed by atoms with van der Waals surface area (Å²) in [7, 11) is 0. The van der Waals surface area contributed by atoms with Crippen LogP contribution < -0.4 is 5.32 Å².